The van der Waals surface area contributed by atoms with Gasteiger partial charge in [-0.25, -0.2) is 8.42 Å². The smallest absolute Gasteiger partial charge is 0.244 e. The zero-order chi connectivity index (χ0) is 25.5. The second-order valence-electron chi connectivity index (χ2n) is 8.14. The number of sulfonamides is 1. The Morgan fingerprint density at radius 2 is 1.65 bits per heavy atom. The van der Waals surface area contributed by atoms with Gasteiger partial charge in [-0.2, -0.15) is 0 Å². The van der Waals surface area contributed by atoms with Gasteiger partial charge in [-0.15, -0.1) is 0 Å². The van der Waals surface area contributed by atoms with E-state index in [2.05, 4.69) is 5.32 Å². The zero-order valence-corrected chi connectivity index (χ0v) is 22.1. The van der Waals surface area contributed by atoms with Crippen LogP contribution in [0.15, 0.2) is 48.5 Å². The first-order valence-corrected chi connectivity index (χ1v) is 13.6. The first-order chi connectivity index (χ1) is 16.0. The molecule has 10 heteroatoms. The Hall–Kier alpha value is -2.29. The monoisotopic (exact) mass is 527 g/mol. The normalized spacial score (nSPS) is 13.1. The summed E-state index contributed by atoms with van der Waals surface area (Å²) >= 11 is 12.0. The number of nitrogens with zero attached hydrogens (tertiary/aromatic N) is 2. The van der Waals surface area contributed by atoms with E-state index in [-0.39, 0.29) is 24.2 Å². The molecule has 2 atom stereocenters. The van der Waals surface area contributed by atoms with Crippen LogP contribution in [0.2, 0.25) is 10.0 Å². The van der Waals surface area contributed by atoms with Gasteiger partial charge in [-0.3, -0.25) is 13.9 Å². The number of amides is 2. The molecule has 186 valence electrons. The number of hydrogen-bond donors (Lipinski definition) is 1. The Morgan fingerprint density at radius 1 is 1.00 bits per heavy atom. The Bertz CT molecular complexity index is 1090. The molecule has 0 spiro atoms. The fourth-order valence-electron chi connectivity index (χ4n) is 3.39. The Morgan fingerprint density at radius 3 is 2.18 bits per heavy atom. The van der Waals surface area contributed by atoms with Crippen LogP contribution in [0.25, 0.3) is 0 Å². The molecule has 2 aromatic rings. The van der Waals surface area contributed by atoms with Crippen molar-refractivity contribution in [3.63, 3.8) is 0 Å². The lowest BCUT2D eigenvalue weighted by atomic mass is 10.1. The van der Waals surface area contributed by atoms with E-state index in [4.69, 9.17) is 23.2 Å². The average Bonchev–Trinajstić information content (AvgIpc) is 2.77. The Kier molecular flexibility index (Phi) is 10.2. The number of anilines is 1. The average molecular weight is 529 g/mol. The standard InChI is InChI=1S/C24H31Cl2N3O4S/c1-5-17(3)27-24(31)22(6-2)28(15-18-10-12-19(25)13-11-18)23(30)16-29(34(4,32)33)21-9-7-8-20(26)14-21/h7-14,17,22H,5-6,15-16H2,1-4H3,(H,27,31)/t17-,22-/m1/s1. The molecule has 0 saturated heterocycles. The van der Waals surface area contributed by atoms with Crippen LogP contribution in [-0.4, -0.2) is 50.0 Å². The molecule has 0 heterocycles. The highest BCUT2D eigenvalue weighted by Crippen LogP contribution is 2.23. The number of hydrogen-bond acceptors (Lipinski definition) is 4. The SMILES string of the molecule is CC[C@@H](C)NC(=O)[C@@H](CC)N(Cc1ccc(Cl)cc1)C(=O)CN(c1cccc(Cl)c1)S(C)(=O)=O. The molecule has 1 N–H and O–H groups in total. The maximum Gasteiger partial charge on any atom is 0.244 e. The van der Waals surface area contributed by atoms with E-state index in [0.717, 1.165) is 22.5 Å². The first-order valence-electron chi connectivity index (χ1n) is 11.0. The molecular weight excluding hydrogens is 497 g/mol. The van der Waals surface area contributed by atoms with Gasteiger partial charge in [0.15, 0.2) is 0 Å². The van der Waals surface area contributed by atoms with Crippen molar-refractivity contribution in [1.82, 2.24) is 10.2 Å². The summed E-state index contributed by atoms with van der Waals surface area (Å²) in [4.78, 5) is 28.0. The molecule has 0 aromatic heterocycles. The molecule has 0 aliphatic rings. The molecule has 0 aliphatic heterocycles. The lowest BCUT2D eigenvalue weighted by molar-refractivity contribution is -0.140. The number of carbonyl (C=O) groups is 2. The minimum atomic E-state index is -3.81. The molecule has 0 unspecified atom stereocenters. The van der Waals surface area contributed by atoms with Crippen molar-refractivity contribution in [3.05, 3.63) is 64.1 Å². The summed E-state index contributed by atoms with van der Waals surface area (Å²) < 4.78 is 26.1. The van der Waals surface area contributed by atoms with Crippen LogP contribution in [0, 0.1) is 0 Å². The van der Waals surface area contributed by atoms with Gasteiger partial charge < -0.3 is 10.2 Å². The van der Waals surface area contributed by atoms with Gasteiger partial charge in [0.25, 0.3) is 0 Å². The number of benzene rings is 2. The summed E-state index contributed by atoms with van der Waals surface area (Å²) in [5.41, 5.74) is 1.04. The van der Waals surface area contributed by atoms with E-state index in [1.54, 1.807) is 42.5 Å². The van der Waals surface area contributed by atoms with Gasteiger partial charge in [0, 0.05) is 22.6 Å². The van der Waals surface area contributed by atoms with Gasteiger partial charge in [0.05, 0.1) is 11.9 Å². The third kappa shape index (κ3) is 7.89. The summed E-state index contributed by atoms with van der Waals surface area (Å²) in [6, 6.07) is 12.4. The van der Waals surface area contributed by atoms with E-state index < -0.39 is 28.5 Å². The summed E-state index contributed by atoms with van der Waals surface area (Å²) in [6.45, 7) is 5.31. The molecule has 2 aromatic carbocycles. The molecule has 2 rings (SSSR count). The largest absolute Gasteiger partial charge is 0.352 e. The van der Waals surface area contributed by atoms with Crippen molar-refractivity contribution >= 4 is 50.7 Å². The van der Waals surface area contributed by atoms with Gasteiger partial charge in [0.1, 0.15) is 12.6 Å². The number of rotatable bonds is 11. The van der Waals surface area contributed by atoms with Crippen LogP contribution >= 0.6 is 23.2 Å². The Labute approximate surface area is 212 Å². The van der Waals surface area contributed by atoms with Gasteiger partial charge in [-0.05, 0) is 55.7 Å². The zero-order valence-electron chi connectivity index (χ0n) is 19.8. The van der Waals surface area contributed by atoms with Crippen LogP contribution in [0.4, 0.5) is 5.69 Å². The predicted octanol–water partition coefficient (Wildman–Crippen LogP) is 4.48. The maximum absolute atomic E-state index is 13.6. The van der Waals surface area contributed by atoms with Crippen molar-refractivity contribution in [3.8, 4) is 0 Å². The quantitative estimate of drug-likeness (QED) is 0.466. The van der Waals surface area contributed by atoms with Crippen LogP contribution in [0.3, 0.4) is 0 Å². The lowest BCUT2D eigenvalue weighted by Gasteiger charge is -2.33. The fourth-order valence-corrected chi connectivity index (χ4v) is 4.54. The highest BCUT2D eigenvalue weighted by atomic mass is 35.5. The third-order valence-electron chi connectivity index (χ3n) is 5.43. The highest BCUT2D eigenvalue weighted by Gasteiger charge is 2.32. The van der Waals surface area contributed by atoms with Crippen LogP contribution in [0.5, 0.6) is 0 Å². The van der Waals surface area contributed by atoms with Crippen molar-refractivity contribution < 1.29 is 18.0 Å². The van der Waals surface area contributed by atoms with Crippen molar-refractivity contribution in [1.29, 1.82) is 0 Å². The van der Waals surface area contributed by atoms with Crippen molar-refractivity contribution in [2.45, 2.75) is 52.2 Å². The van der Waals surface area contributed by atoms with Gasteiger partial charge >= 0.3 is 0 Å². The van der Waals surface area contributed by atoms with Crippen LogP contribution in [-0.2, 0) is 26.2 Å². The molecule has 0 radical (unpaired) electrons. The maximum atomic E-state index is 13.6. The lowest BCUT2D eigenvalue weighted by Crippen LogP contribution is -2.53. The van der Waals surface area contributed by atoms with E-state index in [1.807, 2.05) is 20.8 Å². The van der Waals surface area contributed by atoms with Gasteiger partial charge in [0.2, 0.25) is 21.8 Å². The van der Waals surface area contributed by atoms with E-state index in [0.29, 0.717) is 16.5 Å². The van der Waals surface area contributed by atoms with E-state index in [9.17, 15) is 18.0 Å². The fraction of sp³-hybridized carbons (Fsp3) is 0.417. The van der Waals surface area contributed by atoms with Crippen molar-refractivity contribution in [2.75, 3.05) is 17.1 Å². The summed E-state index contributed by atoms with van der Waals surface area (Å²) in [7, 11) is -3.81. The van der Waals surface area contributed by atoms with Crippen LogP contribution in [0.1, 0.15) is 39.2 Å². The number of nitrogens with one attached hydrogen (secondary N) is 1. The molecule has 2 amide bonds. The minimum absolute atomic E-state index is 0.0620. The number of halogens is 2. The third-order valence-corrected chi connectivity index (χ3v) is 7.06. The number of carbonyl (C=O) groups excluding carboxylic acids is 2. The van der Waals surface area contributed by atoms with Crippen molar-refractivity contribution in [2.24, 2.45) is 0 Å². The molecule has 0 saturated carbocycles. The van der Waals surface area contributed by atoms with E-state index >= 15 is 0 Å². The topological polar surface area (TPSA) is 86.8 Å². The molecule has 0 fully saturated rings. The first kappa shape index (κ1) is 28.0. The predicted molar refractivity (Wildman–Crippen MR) is 138 cm³/mol. The summed E-state index contributed by atoms with van der Waals surface area (Å²) in [6.07, 6.45) is 2.12. The second-order valence-corrected chi connectivity index (χ2v) is 10.9. The Balaban J connectivity index is 2.43. The molecule has 0 bridgehead atoms. The molecule has 0 aliphatic carbocycles. The second kappa shape index (κ2) is 12.4. The van der Waals surface area contributed by atoms with E-state index in [1.165, 1.54) is 11.0 Å². The molecule has 7 nitrogen and oxygen atoms in total. The van der Waals surface area contributed by atoms with Gasteiger partial charge in [-0.1, -0.05) is 55.2 Å². The minimum Gasteiger partial charge on any atom is -0.352 e. The summed E-state index contributed by atoms with van der Waals surface area (Å²) in [5.74, 6) is -0.792. The highest BCUT2D eigenvalue weighted by molar-refractivity contribution is 7.92. The van der Waals surface area contributed by atoms with Crippen LogP contribution < -0.4 is 9.62 Å². The summed E-state index contributed by atoms with van der Waals surface area (Å²) in [5, 5.41) is 3.82. The molecular formula is C24H31Cl2N3O4S. The molecule has 34 heavy (non-hydrogen) atoms.